The summed E-state index contributed by atoms with van der Waals surface area (Å²) < 4.78 is 5.97. The van der Waals surface area contributed by atoms with Gasteiger partial charge in [-0.2, -0.15) is 0 Å². The minimum absolute atomic E-state index is 0.0638. The largest absolute Gasteiger partial charge is 0.481 e. The van der Waals surface area contributed by atoms with Crippen LogP contribution in [0.4, 0.5) is 0 Å². The smallest absolute Gasteiger partial charge is 0.309 e. The summed E-state index contributed by atoms with van der Waals surface area (Å²) in [5, 5.41) is 10.2. The van der Waals surface area contributed by atoms with Gasteiger partial charge in [0.15, 0.2) is 0 Å². The predicted octanol–water partition coefficient (Wildman–Crippen LogP) is 5.20. The van der Waals surface area contributed by atoms with Crippen LogP contribution in [0.25, 0.3) is 0 Å². The number of carboxylic acid groups (broad SMARTS) is 1. The molecule has 0 bridgehead atoms. The minimum Gasteiger partial charge on any atom is -0.481 e. The Balaban J connectivity index is 1.64. The number of amides is 1. The van der Waals surface area contributed by atoms with E-state index in [4.69, 9.17) is 10.5 Å². The number of ketones is 1. The highest BCUT2D eigenvalue weighted by Crippen LogP contribution is 2.75. The number of ether oxygens (including phenoxy) is 1. The van der Waals surface area contributed by atoms with Crippen LogP contribution >= 0.6 is 0 Å². The van der Waals surface area contributed by atoms with Crippen molar-refractivity contribution >= 4 is 23.4 Å². The van der Waals surface area contributed by atoms with Gasteiger partial charge in [0.25, 0.3) is 0 Å². The minimum atomic E-state index is -1.08. The summed E-state index contributed by atoms with van der Waals surface area (Å²) in [6.07, 6.45) is 12.4. The molecule has 7 atom stereocenters. The standard InChI is InChI=1S/C32H44N2O5/c1-27-10-11-28(2,26(37)38)17-23(27)31(5)15-13-29(3)20-16-21(35)25(34-18-24(33)36)32(6,39-7)19(20)8-9-22(29)30(31,4)14-12-27/h8-9,16,23H,10-15,17-18H2,1-7H3,(H2,33,36)(H,37,38)/t23-,27-,28-,29+,30-,31+,32+/m1/s1. The van der Waals surface area contributed by atoms with Crippen LogP contribution in [0, 0.1) is 33.0 Å². The average molecular weight is 537 g/mol. The Kier molecular flexibility index (Phi) is 6.09. The van der Waals surface area contributed by atoms with E-state index < -0.39 is 22.9 Å². The number of aliphatic carboxylic acids is 1. The fourth-order valence-corrected chi connectivity index (χ4v) is 9.38. The Morgan fingerprint density at radius 3 is 2.28 bits per heavy atom. The molecule has 0 aromatic heterocycles. The molecule has 3 N–H and O–H groups in total. The number of fused-ring (bicyclic) bond motifs is 7. The second-order valence-corrected chi connectivity index (χ2v) is 14.3. The number of hydrogen-bond donors (Lipinski definition) is 2. The highest BCUT2D eigenvalue weighted by Gasteiger charge is 2.67. The lowest BCUT2D eigenvalue weighted by Gasteiger charge is -2.70. The van der Waals surface area contributed by atoms with Gasteiger partial charge < -0.3 is 15.6 Å². The zero-order chi connectivity index (χ0) is 28.8. The van der Waals surface area contributed by atoms with Gasteiger partial charge in [-0.25, -0.2) is 0 Å². The number of carbonyl (C=O) groups is 3. The molecule has 0 unspecified atom stereocenters. The second kappa shape index (κ2) is 8.48. The first-order valence-electron chi connectivity index (χ1n) is 14.3. The number of nitrogens with zero attached hydrogens (tertiary/aromatic N) is 1. The summed E-state index contributed by atoms with van der Waals surface area (Å²) in [6, 6.07) is 0. The van der Waals surface area contributed by atoms with Crippen LogP contribution in [0.2, 0.25) is 0 Å². The molecule has 0 radical (unpaired) electrons. The van der Waals surface area contributed by atoms with Crippen molar-refractivity contribution in [2.75, 3.05) is 13.7 Å². The van der Waals surface area contributed by atoms with Crippen LogP contribution in [0.15, 0.2) is 39.9 Å². The molecular formula is C32H44N2O5. The molecule has 0 aromatic carbocycles. The van der Waals surface area contributed by atoms with Gasteiger partial charge in [-0.3, -0.25) is 19.4 Å². The van der Waals surface area contributed by atoms with Crippen molar-refractivity contribution in [2.24, 2.45) is 43.7 Å². The van der Waals surface area contributed by atoms with Gasteiger partial charge in [0.05, 0.1) is 5.41 Å². The Morgan fingerprint density at radius 1 is 1.00 bits per heavy atom. The number of rotatable bonds is 4. The molecule has 5 aliphatic carbocycles. The number of aliphatic imine (C=N–C) groups is 1. The molecular weight excluding hydrogens is 492 g/mol. The number of carboxylic acids is 1. The topological polar surface area (TPSA) is 119 Å². The number of primary amides is 1. The summed E-state index contributed by atoms with van der Waals surface area (Å²) in [5.41, 5.74) is 6.55. The molecule has 212 valence electrons. The summed E-state index contributed by atoms with van der Waals surface area (Å²) in [4.78, 5) is 41.6. The fraction of sp³-hybridized carbons (Fsp3) is 0.688. The molecule has 0 saturated heterocycles. The maximum atomic E-state index is 13.5. The Morgan fingerprint density at radius 2 is 1.67 bits per heavy atom. The first-order chi connectivity index (χ1) is 18.0. The van der Waals surface area contributed by atoms with Crippen molar-refractivity contribution in [3.05, 3.63) is 34.9 Å². The van der Waals surface area contributed by atoms with Gasteiger partial charge in [-0.05, 0) is 98.2 Å². The van der Waals surface area contributed by atoms with E-state index in [0.29, 0.717) is 12.3 Å². The third-order valence-electron chi connectivity index (χ3n) is 12.4. The molecule has 0 heterocycles. The monoisotopic (exact) mass is 536 g/mol. The van der Waals surface area contributed by atoms with Gasteiger partial charge in [-0.15, -0.1) is 0 Å². The lowest BCUT2D eigenvalue weighted by Crippen LogP contribution is -2.62. The van der Waals surface area contributed by atoms with Gasteiger partial charge >= 0.3 is 5.97 Å². The number of allylic oxidation sites excluding steroid dienone is 4. The number of hydrogen-bond acceptors (Lipinski definition) is 5. The van der Waals surface area contributed by atoms with Crippen molar-refractivity contribution in [1.29, 1.82) is 0 Å². The molecule has 1 amide bonds. The lowest BCUT2D eigenvalue weighted by molar-refractivity contribution is -0.178. The van der Waals surface area contributed by atoms with E-state index in [2.05, 4.69) is 44.8 Å². The Bertz CT molecular complexity index is 1290. The Hall–Kier alpha value is -2.54. The highest BCUT2D eigenvalue weighted by atomic mass is 16.5. The van der Waals surface area contributed by atoms with Crippen LogP contribution in [0.5, 0.6) is 0 Å². The van der Waals surface area contributed by atoms with E-state index in [-0.39, 0.29) is 39.7 Å². The third-order valence-corrected chi connectivity index (χ3v) is 12.4. The number of methoxy groups -OCH3 is 1. The molecule has 5 rings (SSSR count). The van der Waals surface area contributed by atoms with Crippen molar-refractivity contribution in [2.45, 2.75) is 92.1 Å². The van der Waals surface area contributed by atoms with Crippen LogP contribution in [-0.2, 0) is 19.1 Å². The first-order valence-corrected chi connectivity index (χ1v) is 14.3. The van der Waals surface area contributed by atoms with E-state index in [0.717, 1.165) is 49.7 Å². The summed E-state index contributed by atoms with van der Waals surface area (Å²) in [7, 11) is 1.57. The maximum absolute atomic E-state index is 13.5. The highest BCUT2D eigenvalue weighted by molar-refractivity contribution is 6.49. The van der Waals surface area contributed by atoms with Gasteiger partial charge in [-0.1, -0.05) is 45.4 Å². The normalized spacial score (nSPS) is 46.1. The molecule has 7 heteroatoms. The summed E-state index contributed by atoms with van der Waals surface area (Å²) >= 11 is 0. The van der Waals surface area contributed by atoms with Gasteiger partial charge in [0.1, 0.15) is 17.9 Å². The number of nitrogens with two attached hydrogens (primary N) is 1. The number of carbonyl (C=O) groups excluding carboxylic acids is 2. The zero-order valence-electron chi connectivity index (χ0n) is 24.6. The first kappa shape index (κ1) is 28.0. The third kappa shape index (κ3) is 3.57. The SMILES string of the molecule is CO[C@@]1(C)C2=CC=C3[C@@](C)(CC[C@@]4(C)[C@@H]5C[C@](C)(C(=O)O)CC[C@]5(C)CC[C@]34C)C2=CC(=O)C1=NCC(N)=O. The van der Waals surface area contributed by atoms with E-state index >= 15 is 0 Å². The molecule has 0 spiro atoms. The van der Waals surface area contributed by atoms with Crippen molar-refractivity contribution in [3.8, 4) is 0 Å². The van der Waals surface area contributed by atoms with Crippen molar-refractivity contribution < 1.29 is 24.2 Å². The summed E-state index contributed by atoms with van der Waals surface area (Å²) in [5.74, 6) is -1.22. The molecule has 0 aromatic rings. The molecule has 3 fully saturated rings. The molecule has 5 aliphatic rings. The van der Waals surface area contributed by atoms with Crippen molar-refractivity contribution in [1.82, 2.24) is 0 Å². The van der Waals surface area contributed by atoms with E-state index in [1.165, 1.54) is 5.57 Å². The van der Waals surface area contributed by atoms with Crippen LogP contribution in [-0.4, -0.2) is 47.7 Å². The van der Waals surface area contributed by atoms with Crippen LogP contribution < -0.4 is 5.73 Å². The lowest BCUT2D eigenvalue weighted by atomic mass is 9.34. The maximum Gasteiger partial charge on any atom is 0.309 e. The fourth-order valence-electron chi connectivity index (χ4n) is 9.38. The average Bonchev–Trinajstić information content (AvgIpc) is 2.86. The predicted molar refractivity (Wildman–Crippen MR) is 150 cm³/mol. The molecule has 39 heavy (non-hydrogen) atoms. The van der Waals surface area contributed by atoms with Gasteiger partial charge in [0.2, 0.25) is 11.7 Å². The van der Waals surface area contributed by atoms with Gasteiger partial charge in [0, 0.05) is 12.5 Å². The van der Waals surface area contributed by atoms with Crippen LogP contribution in [0.3, 0.4) is 0 Å². The van der Waals surface area contributed by atoms with Crippen molar-refractivity contribution in [3.63, 3.8) is 0 Å². The van der Waals surface area contributed by atoms with E-state index in [1.807, 2.05) is 13.8 Å². The van der Waals surface area contributed by atoms with E-state index in [1.54, 1.807) is 13.2 Å². The quantitative estimate of drug-likeness (QED) is 0.512. The summed E-state index contributed by atoms with van der Waals surface area (Å²) in [6.45, 7) is 13.0. The Labute approximate surface area is 232 Å². The molecule has 3 saturated carbocycles. The van der Waals surface area contributed by atoms with Crippen LogP contribution in [0.1, 0.15) is 86.5 Å². The molecule has 0 aliphatic heterocycles. The van der Waals surface area contributed by atoms with E-state index in [9.17, 15) is 19.5 Å². The second-order valence-electron chi connectivity index (χ2n) is 14.3. The molecule has 7 nitrogen and oxygen atoms in total. The zero-order valence-corrected chi connectivity index (χ0v) is 24.6.